The van der Waals surface area contributed by atoms with Gasteiger partial charge in [0.15, 0.2) is 5.13 Å². The summed E-state index contributed by atoms with van der Waals surface area (Å²) in [4.78, 5) is 27.5. The third-order valence-corrected chi connectivity index (χ3v) is 6.90. The first-order valence-corrected chi connectivity index (χ1v) is 11.6. The van der Waals surface area contributed by atoms with E-state index in [9.17, 15) is 4.79 Å². The minimum atomic E-state index is -0.156. The van der Waals surface area contributed by atoms with Gasteiger partial charge < -0.3 is 5.32 Å². The van der Waals surface area contributed by atoms with Gasteiger partial charge in [0.25, 0.3) is 0 Å². The van der Waals surface area contributed by atoms with Crippen molar-refractivity contribution in [2.45, 2.75) is 38.0 Å². The van der Waals surface area contributed by atoms with Crippen molar-refractivity contribution in [3.63, 3.8) is 0 Å². The summed E-state index contributed by atoms with van der Waals surface area (Å²) in [5.41, 5.74) is 3.76. The Labute approximate surface area is 185 Å². The SMILES string of the molecule is O=C(Nc1nc2ccc(-c3ccncc3)nc2s1)C(CC1CCCC1)c1ccccc1. The quantitative estimate of drug-likeness (QED) is 0.405. The monoisotopic (exact) mass is 428 g/mol. The molecule has 1 amide bonds. The van der Waals surface area contributed by atoms with Crippen LogP contribution in [0.5, 0.6) is 0 Å². The van der Waals surface area contributed by atoms with Crippen molar-refractivity contribution >= 4 is 32.7 Å². The molecule has 1 saturated carbocycles. The van der Waals surface area contributed by atoms with Gasteiger partial charge in [-0.05, 0) is 42.2 Å². The molecule has 1 N–H and O–H groups in total. The molecule has 1 fully saturated rings. The largest absolute Gasteiger partial charge is 0.301 e. The van der Waals surface area contributed by atoms with Crippen molar-refractivity contribution in [3.05, 3.63) is 72.6 Å². The molecule has 1 unspecified atom stereocenters. The van der Waals surface area contributed by atoms with E-state index in [1.807, 2.05) is 42.5 Å². The summed E-state index contributed by atoms with van der Waals surface area (Å²) in [6, 6.07) is 17.9. The average Bonchev–Trinajstić information content (AvgIpc) is 3.47. The van der Waals surface area contributed by atoms with Gasteiger partial charge in [-0.15, -0.1) is 0 Å². The molecule has 6 heteroatoms. The van der Waals surface area contributed by atoms with Crippen LogP contribution in [-0.2, 0) is 4.79 Å². The summed E-state index contributed by atoms with van der Waals surface area (Å²) < 4.78 is 0. The number of rotatable bonds is 6. The molecule has 1 aliphatic carbocycles. The van der Waals surface area contributed by atoms with Crippen LogP contribution in [-0.4, -0.2) is 20.9 Å². The third-order valence-electron chi connectivity index (χ3n) is 6.02. The average molecular weight is 429 g/mol. The Morgan fingerprint density at radius 3 is 2.55 bits per heavy atom. The zero-order chi connectivity index (χ0) is 21.0. The van der Waals surface area contributed by atoms with E-state index in [1.165, 1.54) is 37.0 Å². The Bertz CT molecular complexity index is 1170. The highest BCUT2D eigenvalue weighted by molar-refractivity contribution is 7.22. The van der Waals surface area contributed by atoms with Gasteiger partial charge in [0.2, 0.25) is 5.91 Å². The summed E-state index contributed by atoms with van der Waals surface area (Å²) in [5, 5.41) is 3.69. The van der Waals surface area contributed by atoms with Crippen LogP contribution in [0.25, 0.3) is 21.6 Å². The summed E-state index contributed by atoms with van der Waals surface area (Å²) in [7, 11) is 0. The standard InChI is InChI=1S/C25H24N4OS/c30-23(20(16-17-6-4-5-7-17)18-8-2-1-3-9-18)29-25-28-22-11-10-21(27-24(22)31-25)19-12-14-26-15-13-19/h1-3,8-15,17,20H,4-7,16H2,(H,28,29,30). The number of pyridine rings is 2. The number of thiazole rings is 1. The van der Waals surface area contributed by atoms with Gasteiger partial charge in [-0.25, -0.2) is 9.97 Å². The minimum absolute atomic E-state index is 0.0199. The lowest BCUT2D eigenvalue weighted by atomic mass is 9.87. The van der Waals surface area contributed by atoms with Crippen LogP contribution >= 0.6 is 11.3 Å². The Balaban J connectivity index is 1.38. The molecule has 0 saturated heterocycles. The lowest BCUT2D eigenvalue weighted by molar-refractivity contribution is -0.118. The number of aromatic nitrogens is 3. The molecule has 1 aromatic carbocycles. The van der Waals surface area contributed by atoms with E-state index < -0.39 is 0 Å². The molecule has 31 heavy (non-hydrogen) atoms. The predicted molar refractivity (Wildman–Crippen MR) is 125 cm³/mol. The second-order valence-electron chi connectivity index (χ2n) is 8.11. The predicted octanol–water partition coefficient (Wildman–Crippen LogP) is 6.06. The Morgan fingerprint density at radius 1 is 1.00 bits per heavy atom. The topological polar surface area (TPSA) is 67.8 Å². The van der Waals surface area contributed by atoms with Crippen LogP contribution in [0.4, 0.5) is 5.13 Å². The van der Waals surface area contributed by atoms with Gasteiger partial charge >= 0.3 is 0 Å². The summed E-state index contributed by atoms with van der Waals surface area (Å²) in [6.45, 7) is 0. The second-order valence-corrected chi connectivity index (χ2v) is 9.09. The fourth-order valence-electron chi connectivity index (χ4n) is 4.41. The molecule has 5 nitrogen and oxygen atoms in total. The van der Waals surface area contributed by atoms with Crippen LogP contribution < -0.4 is 5.32 Å². The van der Waals surface area contributed by atoms with Gasteiger partial charge in [0.1, 0.15) is 10.3 Å². The summed E-state index contributed by atoms with van der Waals surface area (Å²) >= 11 is 1.42. The van der Waals surface area contributed by atoms with Gasteiger partial charge in [0, 0.05) is 18.0 Å². The molecule has 3 heterocycles. The maximum Gasteiger partial charge on any atom is 0.233 e. The molecule has 5 rings (SSSR count). The van der Waals surface area contributed by atoms with Gasteiger partial charge in [-0.1, -0.05) is 67.4 Å². The number of carbonyl (C=O) groups excluding carboxylic acids is 1. The van der Waals surface area contributed by atoms with Gasteiger partial charge in [-0.2, -0.15) is 0 Å². The van der Waals surface area contributed by atoms with Crippen molar-refractivity contribution in [2.75, 3.05) is 5.32 Å². The van der Waals surface area contributed by atoms with Crippen LogP contribution in [0, 0.1) is 5.92 Å². The van der Waals surface area contributed by atoms with E-state index in [4.69, 9.17) is 4.98 Å². The second kappa shape index (κ2) is 8.94. The molecular weight excluding hydrogens is 404 g/mol. The van der Waals surface area contributed by atoms with E-state index in [-0.39, 0.29) is 11.8 Å². The molecule has 4 aromatic rings. The van der Waals surface area contributed by atoms with E-state index in [1.54, 1.807) is 12.4 Å². The van der Waals surface area contributed by atoms with Crippen LogP contribution in [0.3, 0.4) is 0 Å². The van der Waals surface area contributed by atoms with Gasteiger partial charge in [-0.3, -0.25) is 9.78 Å². The van der Waals surface area contributed by atoms with Crippen molar-refractivity contribution in [1.29, 1.82) is 0 Å². The highest BCUT2D eigenvalue weighted by Gasteiger charge is 2.27. The van der Waals surface area contributed by atoms with Crippen molar-refractivity contribution < 1.29 is 4.79 Å². The van der Waals surface area contributed by atoms with E-state index in [0.29, 0.717) is 11.0 Å². The van der Waals surface area contributed by atoms with Gasteiger partial charge in [0.05, 0.1) is 11.6 Å². The first-order chi connectivity index (χ1) is 15.3. The fourth-order valence-corrected chi connectivity index (χ4v) is 5.25. The van der Waals surface area contributed by atoms with E-state index >= 15 is 0 Å². The minimum Gasteiger partial charge on any atom is -0.301 e. The molecule has 0 bridgehead atoms. The maximum atomic E-state index is 13.3. The number of nitrogens with zero attached hydrogens (tertiary/aromatic N) is 3. The molecular formula is C25H24N4OS. The smallest absolute Gasteiger partial charge is 0.233 e. The Morgan fingerprint density at radius 2 is 1.77 bits per heavy atom. The highest BCUT2D eigenvalue weighted by atomic mass is 32.1. The van der Waals surface area contributed by atoms with Crippen molar-refractivity contribution in [2.24, 2.45) is 5.92 Å². The number of nitrogens with one attached hydrogen (secondary N) is 1. The first-order valence-electron chi connectivity index (χ1n) is 10.8. The number of hydrogen-bond donors (Lipinski definition) is 1. The highest BCUT2D eigenvalue weighted by Crippen LogP contribution is 2.35. The maximum absolute atomic E-state index is 13.3. The number of anilines is 1. The molecule has 0 radical (unpaired) electrons. The molecule has 0 spiro atoms. The zero-order valence-electron chi connectivity index (χ0n) is 17.2. The summed E-state index contributed by atoms with van der Waals surface area (Å²) in [6.07, 6.45) is 9.40. The number of benzene rings is 1. The fraction of sp³-hybridized carbons (Fsp3) is 0.280. The number of fused-ring (bicyclic) bond motifs is 1. The molecule has 1 aliphatic rings. The van der Waals surface area contributed by atoms with Crippen LogP contribution in [0.1, 0.15) is 43.6 Å². The van der Waals surface area contributed by atoms with Crippen molar-refractivity contribution in [1.82, 2.24) is 15.0 Å². The third kappa shape index (κ3) is 4.49. The number of hydrogen-bond acceptors (Lipinski definition) is 5. The van der Waals surface area contributed by atoms with E-state index in [2.05, 4.69) is 27.4 Å². The zero-order valence-corrected chi connectivity index (χ0v) is 18.0. The lowest BCUT2D eigenvalue weighted by Gasteiger charge is -2.20. The normalized spacial score (nSPS) is 15.2. The Hall–Kier alpha value is -3.12. The first kappa shape index (κ1) is 19.8. The molecule has 1 atom stereocenters. The summed E-state index contributed by atoms with van der Waals surface area (Å²) in [5.74, 6) is 0.485. The number of amides is 1. The molecule has 0 aliphatic heterocycles. The Kier molecular flexibility index (Phi) is 5.71. The molecule has 3 aromatic heterocycles. The van der Waals surface area contributed by atoms with Crippen LogP contribution in [0.2, 0.25) is 0 Å². The van der Waals surface area contributed by atoms with Crippen molar-refractivity contribution in [3.8, 4) is 11.3 Å². The van der Waals surface area contributed by atoms with E-state index in [0.717, 1.165) is 33.6 Å². The molecule has 156 valence electrons. The number of carbonyl (C=O) groups is 1. The van der Waals surface area contributed by atoms with Crippen LogP contribution in [0.15, 0.2) is 67.0 Å². The lowest BCUT2D eigenvalue weighted by Crippen LogP contribution is -2.23.